The Morgan fingerprint density at radius 1 is 1.19 bits per heavy atom. The first-order valence-corrected chi connectivity index (χ1v) is 7.40. The maximum Gasteiger partial charge on any atom is 0.358 e. The number of carboxylic acid groups (broad SMARTS) is 1. The van der Waals surface area contributed by atoms with Crippen molar-refractivity contribution >= 4 is 5.97 Å². The van der Waals surface area contributed by atoms with Crippen LogP contribution in [0.1, 0.15) is 55.3 Å². The van der Waals surface area contributed by atoms with Crippen LogP contribution < -0.4 is 0 Å². The third kappa shape index (κ3) is 2.58. The number of rotatable bonds is 3. The predicted molar refractivity (Wildman–Crippen MR) is 79.3 cm³/mol. The summed E-state index contributed by atoms with van der Waals surface area (Å²) in [5.41, 5.74) is 0.662. The third-order valence-electron chi connectivity index (χ3n) is 4.36. The molecule has 0 atom stereocenters. The van der Waals surface area contributed by atoms with Gasteiger partial charge in [0.25, 0.3) is 0 Å². The molecule has 1 saturated carbocycles. The van der Waals surface area contributed by atoms with Gasteiger partial charge in [0.15, 0.2) is 5.69 Å². The fourth-order valence-corrected chi connectivity index (χ4v) is 3.14. The Bertz CT molecular complexity index is 639. The number of hydrogen-bond donors (Lipinski definition) is 1. The van der Waals surface area contributed by atoms with Crippen molar-refractivity contribution in [2.75, 3.05) is 0 Å². The largest absolute Gasteiger partial charge is 0.476 e. The quantitative estimate of drug-likeness (QED) is 0.915. The maximum absolute atomic E-state index is 11.5. The molecule has 0 spiro atoms. The number of aromatic nitrogens is 1. The van der Waals surface area contributed by atoms with Crippen LogP contribution in [0.2, 0.25) is 0 Å². The SMILES string of the molecule is CC1(c2oc(-c3ccccc3)nc2C(=O)O)CCCCC1. The zero-order valence-electron chi connectivity index (χ0n) is 12.1. The minimum atomic E-state index is -1.01. The highest BCUT2D eigenvalue weighted by Crippen LogP contribution is 2.41. The Kier molecular flexibility index (Phi) is 3.53. The van der Waals surface area contributed by atoms with Gasteiger partial charge in [-0.25, -0.2) is 9.78 Å². The van der Waals surface area contributed by atoms with E-state index in [1.54, 1.807) is 0 Å². The summed E-state index contributed by atoms with van der Waals surface area (Å²) in [6.45, 7) is 2.09. The molecular weight excluding hydrogens is 266 g/mol. The number of oxazole rings is 1. The Labute approximate surface area is 123 Å². The Hall–Kier alpha value is -2.10. The molecule has 0 bridgehead atoms. The summed E-state index contributed by atoms with van der Waals surface area (Å²) >= 11 is 0. The van der Waals surface area contributed by atoms with Crippen LogP contribution in [0.15, 0.2) is 34.7 Å². The van der Waals surface area contributed by atoms with Crippen molar-refractivity contribution in [3.63, 3.8) is 0 Å². The van der Waals surface area contributed by atoms with E-state index >= 15 is 0 Å². The van der Waals surface area contributed by atoms with E-state index in [1.165, 1.54) is 6.42 Å². The van der Waals surface area contributed by atoms with Crippen molar-refractivity contribution in [2.24, 2.45) is 0 Å². The van der Waals surface area contributed by atoms with E-state index in [1.807, 2.05) is 30.3 Å². The van der Waals surface area contributed by atoms with Crippen LogP contribution >= 0.6 is 0 Å². The highest BCUT2D eigenvalue weighted by atomic mass is 16.4. The maximum atomic E-state index is 11.5. The van der Waals surface area contributed by atoms with Gasteiger partial charge < -0.3 is 9.52 Å². The summed E-state index contributed by atoms with van der Waals surface area (Å²) in [7, 11) is 0. The highest BCUT2D eigenvalue weighted by molar-refractivity contribution is 5.87. The van der Waals surface area contributed by atoms with Crippen molar-refractivity contribution in [1.82, 2.24) is 4.98 Å². The Balaban J connectivity index is 2.07. The van der Waals surface area contributed by atoms with Crippen molar-refractivity contribution in [1.29, 1.82) is 0 Å². The summed E-state index contributed by atoms with van der Waals surface area (Å²) in [5, 5.41) is 9.45. The molecule has 21 heavy (non-hydrogen) atoms. The fraction of sp³-hybridized carbons (Fsp3) is 0.412. The zero-order chi connectivity index (χ0) is 14.9. The van der Waals surface area contributed by atoms with Crippen LogP contribution in [0.5, 0.6) is 0 Å². The second-order valence-corrected chi connectivity index (χ2v) is 5.99. The van der Waals surface area contributed by atoms with Gasteiger partial charge in [0.05, 0.1) is 0 Å². The minimum absolute atomic E-state index is 0.0678. The second-order valence-electron chi connectivity index (χ2n) is 5.99. The van der Waals surface area contributed by atoms with Crippen LogP contribution in [-0.4, -0.2) is 16.1 Å². The standard InChI is InChI=1S/C17H19NO3/c1-17(10-6-3-7-11-17)14-13(16(19)20)18-15(21-14)12-8-4-2-5-9-12/h2,4-5,8-9H,3,6-7,10-11H2,1H3,(H,19,20). The van der Waals surface area contributed by atoms with E-state index < -0.39 is 5.97 Å². The Morgan fingerprint density at radius 2 is 1.86 bits per heavy atom. The third-order valence-corrected chi connectivity index (χ3v) is 4.36. The van der Waals surface area contributed by atoms with Gasteiger partial charge in [-0.3, -0.25) is 0 Å². The molecule has 0 amide bonds. The van der Waals surface area contributed by atoms with Gasteiger partial charge in [-0.2, -0.15) is 0 Å². The second kappa shape index (κ2) is 5.35. The van der Waals surface area contributed by atoms with Crippen molar-refractivity contribution in [2.45, 2.75) is 44.4 Å². The van der Waals surface area contributed by atoms with Gasteiger partial charge in [0, 0.05) is 11.0 Å². The molecule has 0 radical (unpaired) electrons. The van der Waals surface area contributed by atoms with E-state index in [0.717, 1.165) is 31.2 Å². The lowest BCUT2D eigenvalue weighted by Gasteiger charge is -2.31. The number of carbonyl (C=O) groups is 1. The van der Waals surface area contributed by atoms with Crippen molar-refractivity contribution in [3.05, 3.63) is 41.8 Å². The van der Waals surface area contributed by atoms with Gasteiger partial charge in [-0.15, -0.1) is 0 Å². The molecule has 110 valence electrons. The molecule has 0 saturated heterocycles. The molecule has 3 rings (SSSR count). The number of carboxylic acids is 1. The first-order valence-electron chi connectivity index (χ1n) is 7.40. The first-order chi connectivity index (χ1) is 10.1. The van der Waals surface area contributed by atoms with Gasteiger partial charge in [0.2, 0.25) is 5.89 Å². The normalized spacial score (nSPS) is 17.6. The van der Waals surface area contributed by atoms with Crippen LogP contribution in [0, 0.1) is 0 Å². The van der Waals surface area contributed by atoms with E-state index in [0.29, 0.717) is 11.7 Å². The molecule has 0 aliphatic heterocycles. The number of aromatic carboxylic acids is 1. The molecule has 1 fully saturated rings. The van der Waals surface area contributed by atoms with Gasteiger partial charge in [0.1, 0.15) is 5.76 Å². The highest BCUT2D eigenvalue weighted by Gasteiger charge is 2.37. The van der Waals surface area contributed by atoms with E-state index in [9.17, 15) is 9.90 Å². The molecule has 4 nitrogen and oxygen atoms in total. The summed E-state index contributed by atoms with van der Waals surface area (Å²) < 4.78 is 5.91. The molecule has 2 aromatic rings. The minimum Gasteiger partial charge on any atom is -0.476 e. The lowest BCUT2D eigenvalue weighted by molar-refractivity contribution is 0.0684. The zero-order valence-corrected chi connectivity index (χ0v) is 12.1. The van der Waals surface area contributed by atoms with Crippen LogP contribution in [0.3, 0.4) is 0 Å². The molecule has 1 aliphatic carbocycles. The molecule has 1 N–H and O–H groups in total. The smallest absolute Gasteiger partial charge is 0.358 e. The van der Waals surface area contributed by atoms with E-state index in [-0.39, 0.29) is 11.1 Å². The molecule has 1 aliphatic rings. The average molecular weight is 285 g/mol. The monoisotopic (exact) mass is 285 g/mol. The fourth-order valence-electron chi connectivity index (χ4n) is 3.14. The molecule has 0 unspecified atom stereocenters. The summed E-state index contributed by atoms with van der Waals surface area (Å²) in [4.78, 5) is 15.8. The topological polar surface area (TPSA) is 63.3 Å². The molecule has 4 heteroatoms. The number of nitrogens with zero attached hydrogens (tertiary/aromatic N) is 1. The van der Waals surface area contributed by atoms with E-state index in [2.05, 4.69) is 11.9 Å². The average Bonchev–Trinajstić information content (AvgIpc) is 2.95. The first kappa shape index (κ1) is 13.9. The van der Waals surface area contributed by atoms with Crippen LogP contribution in [0.4, 0.5) is 0 Å². The Morgan fingerprint density at radius 3 is 2.48 bits per heavy atom. The van der Waals surface area contributed by atoms with Gasteiger partial charge in [-0.05, 0) is 25.0 Å². The molecular formula is C17H19NO3. The molecule has 1 heterocycles. The summed E-state index contributed by atoms with van der Waals surface area (Å²) in [6.07, 6.45) is 5.33. The lowest BCUT2D eigenvalue weighted by Crippen LogP contribution is -2.26. The van der Waals surface area contributed by atoms with Gasteiger partial charge in [-0.1, -0.05) is 44.4 Å². The molecule has 1 aromatic heterocycles. The molecule has 1 aromatic carbocycles. The summed E-state index contributed by atoms with van der Waals surface area (Å²) in [5.74, 6) is -0.0777. The van der Waals surface area contributed by atoms with Gasteiger partial charge >= 0.3 is 5.97 Å². The van der Waals surface area contributed by atoms with Crippen LogP contribution in [0.25, 0.3) is 11.5 Å². The van der Waals surface area contributed by atoms with Crippen molar-refractivity contribution in [3.8, 4) is 11.5 Å². The predicted octanol–water partition coefficient (Wildman–Crippen LogP) is 4.26. The number of hydrogen-bond acceptors (Lipinski definition) is 3. The summed E-state index contributed by atoms with van der Waals surface area (Å²) in [6, 6.07) is 9.45. The number of benzene rings is 1. The van der Waals surface area contributed by atoms with Crippen molar-refractivity contribution < 1.29 is 14.3 Å². The lowest BCUT2D eigenvalue weighted by atomic mass is 9.73. The van der Waals surface area contributed by atoms with E-state index in [4.69, 9.17) is 4.42 Å². The van der Waals surface area contributed by atoms with Crippen LogP contribution in [-0.2, 0) is 5.41 Å².